The summed E-state index contributed by atoms with van der Waals surface area (Å²) in [5.41, 5.74) is 1.06. The zero-order chi connectivity index (χ0) is 7.56. The highest BCUT2D eigenvalue weighted by Crippen LogP contribution is 2.11. The van der Waals surface area contributed by atoms with Crippen LogP contribution in [0.4, 0.5) is 10.4 Å². The van der Waals surface area contributed by atoms with E-state index in [2.05, 4.69) is 0 Å². The maximum absolute atomic E-state index is 10.2. The fourth-order valence-corrected chi connectivity index (χ4v) is 0.742. The molecule has 0 fully saturated rings. The van der Waals surface area contributed by atoms with Crippen molar-refractivity contribution in [1.82, 2.24) is 0 Å². The highest BCUT2D eigenvalue weighted by atomic mass is 19.0. The molecule has 0 bridgehead atoms. The molecule has 1 aromatic rings. The van der Waals surface area contributed by atoms with Gasteiger partial charge in [-0.15, -0.1) is 0 Å². The Balaban J connectivity index is 0.000001000. The van der Waals surface area contributed by atoms with E-state index >= 15 is 0 Å². The smallest absolute Gasteiger partial charge is 0.269 e. The molecule has 4 heteroatoms. The van der Waals surface area contributed by atoms with Crippen molar-refractivity contribution in [1.29, 1.82) is 0 Å². The molecule has 0 aliphatic carbocycles. The molecule has 1 rings (SSSR count). The Labute approximate surface area is 63.2 Å². The third-order valence-corrected chi connectivity index (χ3v) is 1.21. The third kappa shape index (κ3) is 2.33. The SMILES string of the molecule is Cc1cccc([N+](=O)[O-])c1.F. The summed E-state index contributed by atoms with van der Waals surface area (Å²) in [6.07, 6.45) is 0. The van der Waals surface area contributed by atoms with Crippen molar-refractivity contribution < 1.29 is 9.63 Å². The Morgan fingerprint density at radius 1 is 1.45 bits per heavy atom. The fourth-order valence-electron chi connectivity index (χ4n) is 0.742. The monoisotopic (exact) mass is 157 g/mol. The molecular formula is C7H8FNO2. The van der Waals surface area contributed by atoms with Crippen LogP contribution in [0, 0.1) is 17.0 Å². The number of non-ortho nitro benzene ring substituents is 1. The zero-order valence-electron chi connectivity index (χ0n) is 5.98. The lowest BCUT2D eigenvalue weighted by Gasteiger charge is -1.90. The number of aryl methyl sites for hydroxylation is 1. The van der Waals surface area contributed by atoms with Gasteiger partial charge < -0.3 is 0 Å². The van der Waals surface area contributed by atoms with Gasteiger partial charge in [0, 0.05) is 12.1 Å². The van der Waals surface area contributed by atoms with Crippen LogP contribution in [-0.4, -0.2) is 4.92 Å². The van der Waals surface area contributed by atoms with Crippen molar-refractivity contribution in [2.45, 2.75) is 6.92 Å². The van der Waals surface area contributed by atoms with Gasteiger partial charge in [0.2, 0.25) is 0 Å². The predicted molar refractivity (Wildman–Crippen MR) is 40.3 cm³/mol. The minimum atomic E-state index is -0.396. The molecule has 0 spiro atoms. The molecule has 60 valence electrons. The first-order chi connectivity index (χ1) is 4.70. The summed E-state index contributed by atoms with van der Waals surface area (Å²) in [6, 6.07) is 6.52. The molecular weight excluding hydrogens is 149 g/mol. The lowest BCUT2D eigenvalue weighted by molar-refractivity contribution is -0.384. The normalized spacial score (nSPS) is 8.45. The molecule has 1 aromatic carbocycles. The second-order valence-electron chi connectivity index (χ2n) is 2.10. The summed E-state index contributed by atoms with van der Waals surface area (Å²) in [5, 5.41) is 10.2. The Kier molecular flexibility index (Phi) is 3.17. The van der Waals surface area contributed by atoms with Crippen LogP contribution in [-0.2, 0) is 0 Å². The molecule has 0 aromatic heterocycles. The van der Waals surface area contributed by atoms with E-state index in [9.17, 15) is 10.1 Å². The second-order valence-corrected chi connectivity index (χ2v) is 2.10. The van der Waals surface area contributed by atoms with Gasteiger partial charge in [-0.2, -0.15) is 0 Å². The largest absolute Gasteiger partial charge is 0.269 e. The molecule has 0 aliphatic rings. The highest BCUT2D eigenvalue weighted by molar-refractivity contribution is 5.33. The Morgan fingerprint density at radius 3 is 2.45 bits per heavy atom. The lowest BCUT2D eigenvalue weighted by atomic mass is 10.2. The lowest BCUT2D eigenvalue weighted by Crippen LogP contribution is -1.86. The first kappa shape index (κ1) is 9.55. The number of hydrogen-bond donors (Lipinski definition) is 0. The van der Waals surface area contributed by atoms with Gasteiger partial charge in [0.25, 0.3) is 5.69 Å². The van der Waals surface area contributed by atoms with Crippen LogP contribution < -0.4 is 0 Å². The van der Waals surface area contributed by atoms with Gasteiger partial charge in [0.1, 0.15) is 0 Å². The van der Waals surface area contributed by atoms with Crippen LogP contribution in [0.25, 0.3) is 0 Å². The summed E-state index contributed by atoms with van der Waals surface area (Å²) in [5.74, 6) is 0. The van der Waals surface area contributed by atoms with Gasteiger partial charge >= 0.3 is 0 Å². The molecule has 0 saturated heterocycles. The fraction of sp³-hybridized carbons (Fsp3) is 0.143. The highest BCUT2D eigenvalue weighted by Gasteiger charge is 2.01. The predicted octanol–water partition coefficient (Wildman–Crippen LogP) is 2.06. The van der Waals surface area contributed by atoms with E-state index in [1.165, 1.54) is 6.07 Å². The average molecular weight is 157 g/mol. The van der Waals surface area contributed by atoms with Crippen LogP contribution >= 0.6 is 0 Å². The number of nitrogens with zero attached hydrogens (tertiary/aromatic N) is 1. The molecule has 0 unspecified atom stereocenters. The Morgan fingerprint density at radius 2 is 2.09 bits per heavy atom. The van der Waals surface area contributed by atoms with E-state index in [0.717, 1.165) is 5.56 Å². The van der Waals surface area contributed by atoms with Gasteiger partial charge in [0.05, 0.1) is 4.92 Å². The van der Waals surface area contributed by atoms with E-state index in [-0.39, 0.29) is 10.4 Å². The number of halogens is 1. The van der Waals surface area contributed by atoms with Crippen molar-refractivity contribution in [2.24, 2.45) is 0 Å². The molecule has 0 N–H and O–H groups in total. The van der Waals surface area contributed by atoms with Crippen molar-refractivity contribution in [3.63, 3.8) is 0 Å². The minimum absolute atomic E-state index is 0. The molecule has 0 heterocycles. The Bertz CT molecular complexity index is 262. The van der Waals surface area contributed by atoms with Gasteiger partial charge in [-0.05, 0) is 12.5 Å². The number of rotatable bonds is 1. The van der Waals surface area contributed by atoms with Crippen LogP contribution in [0.3, 0.4) is 0 Å². The van der Waals surface area contributed by atoms with Crippen molar-refractivity contribution in [3.05, 3.63) is 39.9 Å². The molecule has 0 amide bonds. The number of benzene rings is 1. The van der Waals surface area contributed by atoms with Crippen LogP contribution in [0.5, 0.6) is 0 Å². The van der Waals surface area contributed by atoms with Crippen molar-refractivity contribution >= 4 is 5.69 Å². The second kappa shape index (κ2) is 3.65. The third-order valence-electron chi connectivity index (χ3n) is 1.21. The summed E-state index contributed by atoms with van der Waals surface area (Å²) >= 11 is 0. The molecule has 0 atom stereocenters. The molecule has 11 heavy (non-hydrogen) atoms. The summed E-state index contributed by atoms with van der Waals surface area (Å²) in [7, 11) is 0. The number of nitro benzene ring substituents is 1. The van der Waals surface area contributed by atoms with Crippen LogP contribution in [0.2, 0.25) is 0 Å². The van der Waals surface area contributed by atoms with Gasteiger partial charge in [0.15, 0.2) is 0 Å². The molecule has 0 saturated carbocycles. The summed E-state index contributed by atoms with van der Waals surface area (Å²) < 4.78 is 0. The molecule has 3 nitrogen and oxygen atoms in total. The summed E-state index contributed by atoms with van der Waals surface area (Å²) in [6.45, 7) is 1.83. The average Bonchev–Trinajstić information content (AvgIpc) is 1.88. The molecule has 0 aliphatic heterocycles. The Hall–Kier alpha value is -1.45. The van der Waals surface area contributed by atoms with Crippen molar-refractivity contribution in [2.75, 3.05) is 0 Å². The van der Waals surface area contributed by atoms with E-state index in [1.807, 2.05) is 13.0 Å². The van der Waals surface area contributed by atoms with E-state index in [1.54, 1.807) is 12.1 Å². The quantitative estimate of drug-likeness (QED) is 0.462. The maximum Gasteiger partial charge on any atom is 0.269 e. The van der Waals surface area contributed by atoms with Gasteiger partial charge in [-0.1, -0.05) is 12.1 Å². The minimum Gasteiger partial charge on any atom is -0.269 e. The van der Waals surface area contributed by atoms with E-state index in [4.69, 9.17) is 0 Å². The van der Waals surface area contributed by atoms with Crippen molar-refractivity contribution in [3.8, 4) is 0 Å². The standard InChI is InChI=1S/C7H7NO2.FH/c1-6-3-2-4-7(5-6)8(9)10;/h2-5H,1H3;1H. The first-order valence-electron chi connectivity index (χ1n) is 2.91. The first-order valence-corrected chi connectivity index (χ1v) is 2.91. The topological polar surface area (TPSA) is 43.1 Å². The summed E-state index contributed by atoms with van der Waals surface area (Å²) in [4.78, 5) is 9.76. The van der Waals surface area contributed by atoms with Crippen LogP contribution in [0.1, 0.15) is 5.56 Å². The number of hydrogen-bond acceptors (Lipinski definition) is 2. The van der Waals surface area contributed by atoms with Crippen LogP contribution in [0.15, 0.2) is 24.3 Å². The molecule has 0 radical (unpaired) electrons. The number of nitro groups is 1. The van der Waals surface area contributed by atoms with E-state index < -0.39 is 4.92 Å². The maximum atomic E-state index is 10.2. The van der Waals surface area contributed by atoms with E-state index in [0.29, 0.717) is 0 Å². The van der Waals surface area contributed by atoms with Gasteiger partial charge in [-0.25, -0.2) is 0 Å². The van der Waals surface area contributed by atoms with Gasteiger partial charge in [-0.3, -0.25) is 14.8 Å². The zero-order valence-corrected chi connectivity index (χ0v) is 5.98.